The number of benzene rings is 2. The molecular formula is C27H35N5O7S5. The zero-order valence-corrected chi connectivity index (χ0v) is 26.6. The van der Waals surface area contributed by atoms with Gasteiger partial charge in [-0.3, -0.25) is 19.2 Å². The second-order valence-electron chi connectivity index (χ2n) is 8.63. The van der Waals surface area contributed by atoms with Crippen molar-refractivity contribution in [1.82, 2.24) is 26.6 Å². The van der Waals surface area contributed by atoms with E-state index in [4.69, 9.17) is 0 Å². The lowest BCUT2D eigenvalue weighted by molar-refractivity contribution is -0.134. The molecule has 3 heterocycles. The van der Waals surface area contributed by atoms with Crippen LogP contribution >= 0.6 is 55.8 Å². The molecule has 12 nitrogen and oxygen atoms in total. The molecule has 3 fully saturated rings. The molecule has 17 heteroatoms. The first-order chi connectivity index (χ1) is 20.7. The summed E-state index contributed by atoms with van der Waals surface area (Å²) in [6.07, 6.45) is -0.652. The van der Waals surface area contributed by atoms with Gasteiger partial charge in [0, 0.05) is 28.5 Å². The van der Waals surface area contributed by atoms with Gasteiger partial charge < -0.3 is 31.3 Å². The van der Waals surface area contributed by atoms with E-state index >= 15 is 0 Å². The number of alkyl carbamates (subject to hydrolysis) is 1. The van der Waals surface area contributed by atoms with E-state index < -0.39 is 30.2 Å². The average Bonchev–Trinajstić information content (AvgIpc) is 3.34. The highest BCUT2D eigenvalue weighted by Crippen LogP contribution is 2.32. The smallest absolute Gasteiger partial charge is 0.375 e. The molecule has 5 rings (SSSR count). The summed E-state index contributed by atoms with van der Waals surface area (Å²) >= 11 is 3.89. The number of esters is 1. The van der Waals surface area contributed by atoms with Crippen molar-refractivity contribution < 1.29 is 34.9 Å². The second kappa shape index (κ2) is 20.1. The Balaban J connectivity index is 0.000000341. The topological polar surface area (TPSA) is 172 Å². The van der Waals surface area contributed by atoms with Crippen LogP contribution in [0.25, 0.3) is 0 Å². The molecule has 0 bridgehead atoms. The highest BCUT2D eigenvalue weighted by Gasteiger charge is 2.32. The van der Waals surface area contributed by atoms with Gasteiger partial charge in [-0.25, -0.2) is 9.59 Å². The Labute approximate surface area is 278 Å². The fourth-order valence-electron chi connectivity index (χ4n) is 3.24. The van der Waals surface area contributed by atoms with E-state index in [0.717, 1.165) is 9.79 Å². The average molecular weight is 703 g/mol. The maximum atomic E-state index is 11.4. The lowest BCUT2D eigenvalue weighted by Crippen LogP contribution is -2.57. The SMILES string of the molecule is C.O=C1CNC(=O)[C@H](CS)N1.O=C1CNC(=O)[C@H](CSSc2ccccc2)N1.O=C1N[C@@H](CSSc2ccccc2)C(=O)O1.[2HH]. The van der Waals surface area contributed by atoms with Crippen molar-refractivity contribution in [1.29, 1.82) is 0 Å². The van der Waals surface area contributed by atoms with E-state index in [9.17, 15) is 28.8 Å². The normalized spacial score (nSPS) is 20.4. The Morgan fingerprint density at radius 1 is 0.682 bits per heavy atom. The molecule has 5 amide bonds. The summed E-state index contributed by atoms with van der Waals surface area (Å²) in [6.45, 7) is 0.176. The fraction of sp³-hybridized carbons (Fsp3) is 0.333. The number of hydrogen-bond acceptors (Lipinski definition) is 12. The fourth-order valence-corrected chi connectivity index (χ4v) is 7.88. The predicted molar refractivity (Wildman–Crippen MR) is 181 cm³/mol. The van der Waals surface area contributed by atoms with Gasteiger partial charge in [-0.05, 0) is 24.3 Å². The summed E-state index contributed by atoms with van der Waals surface area (Å²) < 4.78 is 4.37. The van der Waals surface area contributed by atoms with E-state index in [2.05, 4.69) is 43.9 Å². The van der Waals surface area contributed by atoms with E-state index in [0.29, 0.717) is 17.3 Å². The largest absolute Gasteiger partial charge is 0.415 e. The molecule has 0 unspecified atom stereocenters. The van der Waals surface area contributed by atoms with Crippen LogP contribution in [0, 0.1) is 0 Å². The Bertz CT molecular complexity index is 1280. The number of carbonyl (C=O) groups is 6. The Morgan fingerprint density at radius 2 is 1.14 bits per heavy atom. The van der Waals surface area contributed by atoms with Gasteiger partial charge in [-0.15, -0.1) is 0 Å². The summed E-state index contributed by atoms with van der Waals surface area (Å²) in [5.41, 5.74) is 0. The molecule has 3 atom stereocenters. The van der Waals surface area contributed by atoms with E-state index in [1.165, 1.54) is 10.8 Å². The molecule has 0 saturated carbocycles. The van der Waals surface area contributed by atoms with Crippen LogP contribution in [0.15, 0.2) is 70.5 Å². The quantitative estimate of drug-likeness (QED) is 0.0982. The van der Waals surface area contributed by atoms with Crippen LogP contribution < -0.4 is 26.6 Å². The molecule has 0 radical (unpaired) electrons. The van der Waals surface area contributed by atoms with Gasteiger partial charge in [0.15, 0.2) is 0 Å². The molecule has 3 aliphatic heterocycles. The molecule has 0 spiro atoms. The molecular weight excluding hydrogens is 667 g/mol. The maximum Gasteiger partial charge on any atom is 0.415 e. The van der Waals surface area contributed by atoms with Crippen LogP contribution in [0.1, 0.15) is 8.85 Å². The molecule has 3 saturated heterocycles. The number of thiol groups is 1. The highest BCUT2D eigenvalue weighted by molar-refractivity contribution is 8.77. The van der Waals surface area contributed by atoms with E-state index in [-0.39, 0.29) is 45.6 Å². The number of rotatable bonds is 9. The Hall–Kier alpha value is -2.99. The Morgan fingerprint density at radius 3 is 1.57 bits per heavy atom. The minimum Gasteiger partial charge on any atom is -0.375 e. The van der Waals surface area contributed by atoms with Crippen molar-refractivity contribution in [3.05, 3.63) is 60.7 Å². The molecule has 0 aromatic heterocycles. The first-order valence-electron chi connectivity index (χ1n) is 12.7. The maximum absolute atomic E-state index is 11.4. The number of cyclic esters (lactones) is 2. The number of ether oxygens (including phenoxy) is 1. The van der Waals surface area contributed by atoms with Gasteiger partial charge in [-0.2, -0.15) is 12.6 Å². The zero-order valence-electron chi connectivity index (χ0n) is 22.5. The standard InChI is InChI=1S/C11H12N2O2S2.C10H9NO3S2.C5H8N2O2S.CH4.H2/c14-10-6-12-11(15)9(13-10)7-16-17-8-4-2-1-3-5-8;12-9-8(11-10(13)14-9)6-15-16-7-4-2-1-3-5-7;8-4-1-6-5(9)3(2-10)7-4;;/h1-5,9H,6-7H2,(H,12,15)(H,13,14);1-5,8H,6H2,(H,11,13);3,10H,1-2H2,(H,6,9)(H,7,8);1H4;1H/t9-;8-;3-;;/m000../s1/i;;;;1+1. The molecule has 0 aliphatic carbocycles. The van der Waals surface area contributed by atoms with Crippen LogP contribution in [-0.4, -0.2) is 84.2 Å². The first kappa shape index (κ1) is 37.2. The van der Waals surface area contributed by atoms with Crippen LogP contribution in [0.5, 0.6) is 0 Å². The molecule has 5 N–H and O–H groups in total. The number of amides is 5. The monoisotopic (exact) mass is 702 g/mol. The number of hydrogen-bond donors (Lipinski definition) is 6. The van der Waals surface area contributed by atoms with Crippen molar-refractivity contribution in [2.75, 3.05) is 30.3 Å². The number of piperazine rings is 2. The number of carbonyl (C=O) groups excluding carboxylic acids is 6. The highest BCUT2D eigenvalue weighted by atomic mass is 33.1. The van der Waals surface area contributed by atoms with Gasteiger partial charge in [0.05, 0.1) is 13.1 Å². The summed E-state index contributed by atoms with van der Waals surface area (Å²) in [6, 6.07) is 18.4. The molecule has 3 aliphatic rings. The predicted octanol–water partition coefficient (Wildman–Crippen LogP) is 2.52. The van der Waals surface area contributed by atoms with Gasteiger partial charge in [-0.1, -0.05) is 87.0 Å². The third kappa shape index (κ3) is 13.3. The van der Waals surface area contributed by atoms with Crippen molar-refractivity contribution in [3.63, 3.8) is 0 Å². The van der Waals surface area contributed by atoms with E-state index in [1.807, 2.05) is 60.7 Å². The van der Waals surface area contributed by atoms with Crippen LogP contribution in [0.2, 0.25) is 0 Å². The van der Waals surface area contributed by atoms with Crippen LogP contribution in [-0.2, 0) is 28.7 Å². The second-order valence-corrected chi connectivity index (χ2v) is 13.8. The molecule has 2 aromatic rings. The third-order valence-corrected chi connectivity index (χ3v) is 10.5. The zero-order chi connectivity index (χ0) is 31.0. The summed E-state index contributed by atoms with van der Waals surface area (Å²) in [4.78, 5) is 68.0. The van der Waals surface area contributed by atoms with Gasteiger partial charge in [0.2, 0.25) is 23.6 Å². The van der Waals surface area contributed by atoms with Crippen molar-refractivity contribution >= 4 is 91.5 Å². The van der Waals surface area contributed by atoms with Crippen molar-refractivity contribution in [2.24, 2.45) is 0 Å². The minimum absolute atomic E-state index is 0. The molecule has 44 heavy (non-hydrogen) atoms. The summed E-state index contributed by atoms with van der Waals surface area (Å²) in [5.74, 6) is 0.379. The summed E-state index contributed by atoms with van der Waals surface area (Å²) in [7, 11) is 6.24. The first-order valence-corrected chi connectivity index (χ1v) is 18.0. The van der Waals surface area contributed by atoms with Gasteiger partial charge >= 0.3 is 12.1 Å². The summed E-state index contributed by atoms with van der Waals surface area (Å²) in [5, 5.41) is 12.6. The lowest BCUT2D eigenvalue weighted by atomic mass is 10.2. The third-order valence-electron chi connectivity index (χ3n) is 5.37. The number of nitrogens with one attached hydrogen (secondary N) is 5. The van der Waals surface area contributed by atoms with E-state index in [1.54, 1.807) is 32.4 Å². The molecule has 240 valence electrons. The molecule has 2 aromatic carbocycles. The Kier molecular flexibility index (Phi) is 17.0. The van der Waals surface area contributed by atoms with Gasteiger partial charge in [0.25, 0.3) is 0 Å². The van der Waals surface area contributed by atoms with Crippen LogP contribution in [0.3, 0.4) is 0 Å². The van der Waals surface area contributed by atoms with Gasteiger partial charge in [0.1, 0.15) is 18.1 Å². The van der Waals surface area contributed by atoms with Crippen molar-refractivity contribution in [2.45, 2.75) is 35.3 Å². The lowest BCUT2D eigenvalue weighted by Gasteiger charge is -2.22. The van der Waals surface area contributed by atoms with Crippen LogP contribution in [0.4, 0.5) is 4.79 Å². The minimum atomic E-state index is -0.652. The van der Waals surface area contributed by atoms with Crippen molar-refractivity contribution in [3.8, 4) is 0 Å².